The van der Waals surface area contributed by atoms with E-state index < -0.39 is 0 Å². The van der Waals surface area contributed by atoms with Gasteiger partial charge in [0.2, 0.25) is 0 Å². The third-order valence-electron chi connectivity index (χ3n) is 24.4. The molecule has 0 aliphatic carbocycles. The van der Waals surface area contributed by atoms with Crippen molar-refractivity contribution in [3.8, 4) is 34.1 Å². The van der Waals surface area contributed by atoms with Crippen molar-refractivity contribution in [2.75, 3.05) is 0 Å². The Morgan fingerprint density at radius 3 is 0.842 bits per heavy atom. The van der Waals surface area contributed by atoms with Gasteiger partial charge >= 0.3 is 0 Å². The average Bonchev–Trinajstić information content (AvgIpc) is 1.56. The largest absolute Gasteiger partial charge is 0.456 e. The summed E-state index contributed by atoms with van der Waals surface area (Å²) in [5.41, 5.74) is 29.0. The lowest BCUT2D eigenvalue weighted by molar-refractivity contribution is 0.669. The zero-order chi connectivity index (χ0) is 79.8. The van der Waals surface area contributed by atoms with Crippen LogP contribution in [0.5, 0.6) is 0 Å². The summed E-state index contributed by atoms with van der Waals surface area (Å²) in [7, 11) is 0. The Labute approximate surface area is 695 Å². The third-order valence-corrected chi connectivity index (χ3v) is 25.5. The van der Waals surface area contributed by atoms with Crippen LogP contribution in [0.1, 0.15) is 22.3 Å². The molecule has 26 rings (SSSR count). The fourth-order valence-corrected chi connectivity index (χ4v) is 20.1. The van der Waals surface area contributed by atoms with Crippen LogP contribution in [-0.2, 0) is 0 Å². The maximum absolute atomic E-state index is 6.13. The molecule has 0 spiro atoms. The first kappa shape index (κ1) is 70.2. The van der Waals surface area contributed by atoms with Crippen LogP contribution >= 0.6 is 11.3 Å². The molecule has 0 amide bonds. The summed E-state index contributed by atoms with van der Waals surface area (Å²) in [4.78, 5) is 0. The second-order valence-corrected chi connectivity index (χ2v) is 32.9. The highest BCUT2D eigenvalue weighted by Crippen LogP contribution is 2.46. The monoisotopic (exact) mass is 1550 g/mol. The van der Waals surface area contributed by atoms with E-state index in [9.17, 15) is 0 Å². The molecule has 8 heteroatoms. The molecule has 0 fully saturated rings. The van der Waals surface area contributed by atoms with E-state index in [1.165, 1.54) is 207 Å². The van der Waals surface area contributed by atoms with Crippen LogP contribution < -0.4 is 0 Å². The molecule has 0 N–H and O–H groups in total. The molecule has 26 aromatic rings. The molecule has 8 heterocycles. The second-order valence-electron chi connectivity index (χ2n) is 31.8. The normalized spacial score (nSPS) is 11.8. The third kappa shape index (κ3) is 11.5. The molecule has 18 aromatic carbocycles. The molecule has 0 unspecified atom stereocenters. The highest BCUT2D eigenvalue weighted by atomic mass is 32.1. The quantitative estimate of drug-likeness (QED) is 0.164. The second kappa shape index (κ2) is 28.3. The number of hydrogen-bond donors (Lipinski definition) is 0. The van der Waals surface area contributed by atoms with Crippen LogP contribution in [0.15, 0.2) is 405 Å². The molecule has 120 heavy (non-hydrogen) atoms. The van der Waals surface area contributed by atoms with Gasteiger partial charge in [-0.3, -0.25) is 0 Å². The number of aromatic nitrogens is 6. The first-order valence-electron chi connectivity index (χ1n) is 41.2. The Balaban J connectivity index is 0.0000000938. The van der Waals surface area contributed by atoms with Gasteiger partial charge in [-0.2, -0.15) is 0 Å². The van der Waals surface area contributed by atoms with E-state index in [0.717, 1.165) is 21.9 Å². The van der Waals surface area contributed by atoms with Crippen LogP contribution in [0.3, 0.4) is 0 Å². The predicted molar refractivity (Wildman–Crippen MR) is 511 cm³/mol. The summed E-state index contributed by atoms with van der Waals surface area (Å²) >= 11 is 1.88. The molecule has 0 saturated heterocycles. The summed E-state index contributed by atoms with van der Waals surface area (Å²) in [6.07, 6.45) is 0. The Bertz CT molecular complexity index is 8570. The van der Waals surface area contributed by atoms with Gasteiger partial charge < -0.3 is 31.8 Å². The van der Waals surface area contributed by atoms with Gasteiger partial charge in [-0.15, -0.1) is 11.3 Å². The average molecular weight is 1560 g/mol. The van der Waals surface area contributed by atoms with Gasteiger partial charge in [0.1, 0.15) is 11.2 Å². The van der Waals surface area contributed by atoms with Crippen molar-refractivity contribution in [1.82, 2.24) is 27.4 Å². The van der Waals surface area contributed by atoms with Crippen molar-refractivity contribution in [3.63, 3.8) is 0 Å². The number of rotatable bonds is 6. The van der Waals surface area contributed by atoms with E-state index in [1.807, 2.05) is 23.5 Å². The lowest BCUT2D eigenvalue weighted by Crippen LogP contribution is -1.94. The summed E-state index contributed by atoms with van der Waals surface area (Å²) in [5, 5.41) is 20.4. The molecule has 568 valence electrons. The van der Waals surface area contributed by atoms with Crippen molar-refractivity contribution in [2.24, 2.45) is 0 Å². The Morgan fingerprint density at radius 2 is 0.450 bits per heavy atom. The number of furan rings is 1. The molecule has 7 nitrogen and oxygen atoms in total. The standard InChI is InChI=1S/2C31H22N2.C25H17NO.C25H17NS/c1-21-10-9-13-23(18-21)33-29-17-8-6-15-25(29)27-19-30-26(20-31(27)33)24-14-5-7-16-28(24)32(30)22-11-3-2-4-12-22;1-21-15-17-23(18-16-21)33-29-14-8-6-12-25(29)27-19-30-26(20-31(27)33)24-11-5-7-13-28(24)32(30)22-9-3-2-4-10-22;1-16-7-6-8-17(13-16)26-22-11-4-2-9-18(22)20-15-25-21(14-23(20)26)19-10-3-5-12-24(19)27-25;1-16-10-12-17(13-11-16)26-22-8-4-2-6-18(22)20-14-21-19-7-3-5-9-24(19)27-25(21)15-23(20)26/h2*2-20H,1H3;2*2-15H,1H3. The van der Waals surface area contributed by atoms with Crippen molar-refractivity contribution in [2.45, 2.75) is 27.7 Å². The number of fused-ring (bicyclic) bond motifs is 24. The van der Waals surface area contributed by atoms with Crippen molar-refractivity contribution in [3.05, 3.63) is 423 Å². The van der Waals surface area contributed by atoms with Crippen molar-refractivity contribution >= 4 is 184 Å². The van der Waals surface area contributed by atoms with Crippen LogP contribution in [0.2, 0.25) is 0 Å². The number of hydrogen-bond acceptors (Lipinski definition) is 2. The summed E-state index contributed by atoms with van der Waals surface area (Å²) < 4.78 is 23.2. The van der Waals surface area contributed by atoms with E-state index in [1.54, 1.807) is 0 Å². The van der Waals surface area contributed by atoms with Crippen molar-refractivity contribution in [1.29, 1.82) is 0 Å². The molecular formula is C112H78N6OS. The topological polar surface area (TPSA) is 42.7 Å². The number of nitrogens with zero attached hydrogens (tertiary/aromatic N) is 6. The van der Waals surface area contributed by atoms with Gasteiger partial charge in [-0.05, 0) is 209 Å². The number of benzene rings is 18. The number of para-hydroxylation sites is 9. The van der Waals surface area contributed by atoms with Gasteiger partial charge in [0.15, 0.2) is 0 Å². The van der Waals surface area contributed by atoms with Crippen LogP contribution in [0, 0.1) is 27.7 Å². The van der Waals surface area contributed by atoms with Crippen LogP contribution in [0.4, 0.5) is 0 Å². The zero-order valence-electron chi connectivity index (χ0n) is 66.6. The fraction of sp³-hybridized carbons (Fsp3) is 0.0357. The molecule has 0 atom stereocenters. The minimum absolute atomic E-state index is 0.937. The smallest absolute Gasteiger partial charge is 0.136 e. The molecule has 0 radical (unpaired) electrons. The highest BCUT2D eigenvalue weighted by molar-refractivity contribution is 7.25. The first-order chi connectivity index (χ1) is 59.2. The van der Waals surface area contributed by atoms with E-state index >= 15 is 0 Å². The van der Waals surface area contributed by atoms with E-state index in [0.29, 0.717) is 0 Å². The van der Waals surface area contributed by atoms with E-state index in [4.69, 9.17) is 4.42 Å². The molecule has 0 aliphatic rings. The van der Waals surface area contributed by atoms with Crippen LogP contribution in [-0.4, -0.2) is 27.4 Å². The van der Waals surface area contributed by atoms with E-state index in [2.05, 4.69) is 443 Å². The molecule has 0 bridgehead atoms. The fourth-order valence-electron chi connectivity index (χ4n) is 19.0. The van der Waals surface area contributed by atoms with Gasteiger partial charge in [-0.25, -0.2) is 0 Å². The van der Waals surface area contributed by atoms with Gasteiger partial charge in [-0.1, -0.05) is 242 Å². The first-order valence-corrected chi connectivity index (χ1v) is 42.0. The molecule has 8 aromatic heterocycles. The molecular weight excluding hydrogens is 1480 g/mol. The number of thiophene rings is 1. The van der Waals surface area contributed by atoms with Gasteiger partial charge in [0, 0.05) is 130 Å². The molecule has 0 aliphatic heterocycles. The lowest BCUT2D eigenvalue weighted by atomic mass is 10.1. The maximum atomic E-state index is 6.13. The zero-order valence-corrected chi connectivity index (χ0v) is 67.4. The summed E-state index contributed by atoms with van der Waals surface area (Å²) in [6.45, 7) is 8.57. The lowest BCUT2D eigenvalue weighted by Gasteiger charge is -2.09. The summed E-state index contributed by atoms with van der Waals surface area (Å²) in [6, 6.07) is 144. The maximum Gasteiger partial charge on any atom is 0.136 e. The minimum atomic E-state index is 0.937. The van der Waals surface area contributed by atoms with Crippen LogP contribution in [0.25, 0.3) is 207 Å². The van der Waals surface area contributed by atoms with E-state index in [-0.39, 0.29) is 0 Å². The Morgan fingerprint density at radius 1 is 0.158 bits per heavy atom. The van der Waals surface area contributed by atoms with Crippen molar-refractivity contribution < 1.29 is 4.42 Å². The Hall–Kier alpha value is -15.2. The SMILES string of the molecule is Cc1ccc(-n2c3ccccc3c3cc4c(cc32)c2ccccc2n4-c2ccccc2)cc1.Cc1ccc(-n2c3ccccc3c3cc4c(cc32)sc2ccccc24)cc1.Cc1cccc(-n2c3ccccc3c3cc4c(cc32)c2ccccc2n4-c2ccccc2)c1.Cc1cccc(-n2c3ccccc3c3cc4oc5ccccc5c4cc32)c1. The predicted octanol–water partition coefficient (Wildman–Crippen LogP) is 30.8. The summed E-state index contributed by atoms with van der Waals surface area (Å²) in [5.74, 6) is 0. The minimum Gasteiger partial charge on any atom is -0.456 e. The van der Waals surface area contributed by atoms with Gasteiger partial charge in [0.25, 0.3) is 0 Å². The van der Waals surface area contributed by atoms with Gasteiger partial charge in [0.05, 0.1) is 66.2 Å². The molecule has 0 saturated carbocycles. The highest BCUT2D eigenvalue weighted by Gasteiger charge is 2.23. The Kier molecular flexibility index (Phi) is 16.6. The number of aryl methyl sites for hydroxylation is 4.